The first-order valence-electron chi connectivity index (χ1n) is 6.73. The molecular weight excluding hydrogens is 254 g/mol. The van der Waals surface area contributed by atoms with Gasteiger partial charge in [0.15, 0.2) is 0 Å². The minimum Gasteiger partial charge on any atom is -0.398 e. The lowest BCUT2D eigenvalue weighted by molar-refractivity contribution is -0.00617. The molecule has 3 N–H and O–H groups in total. The molecule has 1 fully saturated rings. The van der Waals surface area contributed by atoms with Crippen LogP contribution in [-0.4, -0.2) is 37.5 Å². The van der Waals surface area contributed by atoms with E-state index in [0.717, 1.165) is 35.2 Å². The van der Waals surface area contributed by atoms with Crippen molar-refractivity contribution in [1.29, 1.82) is 0 Å². The Labute approximate surface area is 118 Å². The van der Waals surface area contributed by atoms with Crippen molar-refractivity contribution >= 4 is 22.1 Å². The summed E-state index contributed by atoms with van der Waals surface area (Å²) >= 11 is 0. The summed E-state index contributed by atoms with van der Waals surface area (Å²) in [6, 6.07) is 5.83. The molecule has 106 valence electrons. The van der Waals surface area contributed by atoms with Gasteiger partial charge in [-0.15, -0.1) is 0 Å². The summed E-state index contributed by atoms with van der Waals surface area (Å²) in [6.07, 6.45) is 4.49. The first-order chi connectivity index (χ1) is 9.74. The van der Waals surface area contributed by atoms with E-state index in [-0.39, 0.29) is 5.60 Å². The first-order valence-corrected chi connectivity index (χ1v) is 6.73. The van der Waals surface area contributed by atoms with Crippen LogP contribution in [-0.2, 0) is 9.47 Å². The maximum absolute atomic E-state index is 6.00. The van der Waals surface area contributed by atoms with Crippen LogP contribution in [0, 0.1) is 0 Å². The predicted molar refractivity (Wildman–Crippen MR) is 79.8 cm³/mol. The highest BCUT2D eigenvalue weighted by Gasteiger charge is 2.34. The zero-order chi connectivity index (χ0) is 14.0. The molecule has 0 amide bonds. The maximum atomic E-state index is 6.00. The van der Waals surface area contributed by atoms with Gasteiger partial charge < -0.3 is 20.5 Å². The summed E-state index contributed by atoms with van der Waals surface area (Å²) in [6.45, 7) is 2.08. The summed E-state index contributed by atoms with van der Waals surface area (Å²) < 4.78 is 11.1. The molecule has 5 nitrogen and oxygen atoms in total. The van der Waals surface area contributed by atoms with Crippen molar-refractivity contribution in [2.45, 2.75) is 12.0 Å². The van der Waals surface area contributed by atoms with Crippen molar-refractivity contribution in [1.82, 2.24) is 4.98 Å². The van der Waals surface area contributed by atoms with Gasteiger partial charge in [-0.05, 0) is 18.2 Å². The van der Waals surface area contributed by atoms with E-state index in [0.29, 0.717) is 13.2 Å². The van der Waals surface area contributed by atoms with Crippen molar-refractivity contribution in [3.63, 3.8) is 0 Å². The van der Waals surface area contributed by atoms with Crippen molar-refractivity contribution in [2.75, 3.05) is 37.9 Å². The van der Waals surface area contributed by atoms with Crippen LogP contribution in [0.4, 0.5) is 11.4 Å². The Morgan fingerprint density at radius 2 is 2.30 bits per heavy atom. The number of nitrogen functional groups attached to an aromatic ring is 1. The van der Waals surface area contributed by atoms with Crippen molar-refractivity contribution in [3.8, 4) is 0 Å². The zero-order valence-electron chi connectivity index (χ0n) is 11.6. The van der Waals surface area contributed by atoms with Gasteiger partial charge in [-0.3, -0.25) is 4.98 Å². The quantitative estimate of drug-likeness (QED) is 0.834. The summed E-state index contributed by atoms with van der Waals surface area (Å²) in [4.78, 5) is 4.18. The largest absolute Gasteiger partial charge is 0.398 e. The molecule has 0 radical (unpaired) electrons. The van der Waals surface area contributed by atoms with Crippen LogP contribution in [0.2, 0.25) is 0 Å². The Hall–Kier alpha value is -1.85. The third-order valence-corrected chi connectivity index (χ3v) is 3.95. The van der Waals surface area contributed by atoms with Crippen LogP contribution in [0.15, 0.2) is 30.6 Å². The van der Waals surface area contributed by atoms with Crippen LogP contribution >= 0.6 is 0 Å². The summed E-state index contributed by atoms with van der Waals surface area (Å²) in [5.41, 5.74) is 7.54. The molecule has 0 saturated carbocycles. The van der Waals surface area contributed by atoms with E-state index in [1.165, 1.54) is 0 Å². The summed E-state index contributed by atoms with van der Waals surface area (Å²) in [5, 5.41) is 5.49. The predicted octanol–water partition coefficient (Wildman–Crippen LogP) is 2.03. The highest BCUT2D eigenvalue weighted by Crippen LogP contribution is 2.29. The highest BCUT2D eigenvalue weighted by atomic mass is 16.5. The minimum atomic E-state index is -0.240. The van der Waals surface area contributed by atoms with Gasteiger partial charge in [0.25, 0.3) is 0 Å². The van der Waals surface area contributed by atoms with Crippen molar-refractivity contribution in [3.05, 3.63) is 30.6 Å². The van der Waals surface area contributed by atoms with Crippen molar-refractivity contribution in [2.24, 2.45) is 0 Å². The molecule has 5 heteroatoms. The number of nitrogens with one attached hydrogen (secondary N) is 1. The van der Waals surface area contributed by atoms with E-state index in [1.807, 2.05) is 24.4 Å². The molecule has 1 aliphatic heterocycles. The fraction of sp³-hybridized carbons (Fsp3) is 0.400. The van der Waals surface area contributed by atoms with E-state index in [9.17, 15) is 0 Å². The first kappa shape index (κ1) is 13.1. The molecule has 1 atom stereocenters. The molecule has 1 unspecified atom stereocenters. The molecule has 1 aromatic carbocycles. The van der Waals surface area contributed by atoms with Gasteiger partial charge in [0.2, 0.25) is 0 Å². The molecule has 3 rings (SSSR count). The standard InChI is InChI=1S/C15H19N3O2/c1-19-15(5-7-20-10-15)9-18-14-3-2-13(16)11-4-6-17-8-12(11)14/h2-4,6,8,18H,5,7,9-10,16H2,1H3. The fourth-order valence-electron chi connectivity index (χ4n) is 2.59. The number of nitrogens with zero attached hydrogens (tertiary/aromatic N) is 1. The molecule has 2 heterocycles. The van der Waals surface area contributed by atoms with E-state index in [4.69, 9.17) is 15.2 Å². The van der Waals surface area contributed by atoms with E-state index >= 15 is 0 Å². The molecule has 0 aliphatic carbocycles. The zero-order valence-corrected chi connectivity index (χ0v) is 11.6. The van der Waals surface area contributed by atoms with Gasteiger partial charge in [0.1, 0.15) is 5.60 Å². The number of anilines is 2. The van der Waals surface area contributed by atoms with Crippen LogP contribution < -0.4 is 11.1 Å². The second-order valence-corrected chi connectivity index (χ2v) is 5.17. The lowest BCUT2D eigenvalue weighted by atomic mass is 10.0. The highest BCUT2D eigenvalue weighted by molar-refractivity contribution is 6.00. The fourth-order valence-corrected chi connectivity index (χ4v) is 2.59. The number of ether oxygens (including phenoxy) is 2. The van der Waals surface area contributed by atoms with Crippen LogP contribution in [0.25, 0.3) is 10.8 Å². The normalized spacial score (nSPS) is 22.2. The Morgan fingerprint density at radius 3 is 3.05 bits per heavy atom. The number of methoxy groups -OCH3 is 1. The Morgan fingerprint density at radius 1 is 1.40 bits per heavy atom. The van der Waals surface area contributed by atoms with Gasteiger partial charge in [-0.25, -0.2) is 0 Å². The second kappa shape index (κ2) is 5.26. The monoisotopic (exact) mass is 273 g/mol. The SMILES string of the molecule is COC1(CNc2ccc(N)c3ccncc23)CCOC1. The van der Waals surface area contributed by atoms with Crippen molar-refractivity contribution < 1.29 is 9.47 Å². The second-order valence-electron chi connectivity index (χ2n) is 5.17. The van der Waals surface area contributed by atoms with Crippen LogP contribution in [0.1, 0.15) is 6.42 Å². The van der Waals surface area contributed by atoms with Gasteiger partial charge >= 0.3 is 0 Å². The number of nitrogens with two attached hydrogens (primary N) is 1. The smallest absolute Gasteiger partial charge is 0.110 e. The molecule has 0 spiro atoms. The number of aromatic nitrogens is 1. The van der Waals surface area contributed by atoms with E-state index < -0.39 is 0 Å². The molecule has 1 saturated heterocycles. The lowest BCUT2D eigenvalue weighted by Crippen LogP contribution is -2.39. The topological polar surface area (TPSA) is 69.4 Å². The Balaban J connectivity index is 1.86. The van der Waals surface area contributed by atoms with Gasteiger partial charge in [0.05, 0.1) is 6.61 Å². The molecular formula is C15H19N3O2. The third kappa shape index (κ3) is 2.30. The Kier molecular flexibility index (Phi) is 3.46. The number of rotatable bonds is 4. The van der Waals surface area contributed by atoms with Gasteiger partial charge in [-0.2, -0.15) is 0 Å². The summed E-state index contributed by atoms with van der Waals surface area (Å²) in [5.74, 6) is 0. The average Bonchev–Trinajstić information content (AvgIpc) is 2.96. The summed E-state index contributed by atoms with van der Waals surface area (Å²) in [7, 11) is 1.74. The molecule has 1 aromatic heterocycles. The van der Waals surface area contributed by atoms with E-state index in [2.05, 4.69) is 10.3 Å². The minimum absolute atomic E-state index is 0.240. The molecule has 1 aliphatic rings. The Bertz CT molecular complexity index is 609. The van der Waals surface area contributed by atoms with E-state index in [1.54, 1.807) is 13.3 Å². The number of pyridine rings is 1. The number of hydrogen-bond acceptors (Lipinski definition) is 5. The third-order valence-electron chi connectivity index (χ3n) is 3.95. The lowest BCUT2D eigenvalue weighted by Gasteiger charge is -2.26. The van der Waals surface area contributed by atoms with Crippen LogP contribution in [0.5, 0.6) is 0 Å². The van der Waals surface area contributed by atoms with Crippen LogP contribution in [0.3, 0.4) is 0 Å². The van der Waals surface area contributed by atoms with Gasteiger partial charge in [0, 0.05) is 61.2 Å². The molecule has 0 bridgehead atoms. The number of fused-ring (bicyclic) bond motifs is 1. The maximum Gasteiger partial charge on any atom is 0.110 e. The molecule has 20 heavy (non-hydrogen) atoms. The number of hydrogen-bond donors (Lipinski definition) is 2. The van der Waals surface area contributed by atoms with Gasteiger partial charge in [-0.1, -0.05) is 0 Å². The molecule has 2 aromatic rings. The average molecular weight is 273 g/mol. The number of benzene rings is 1.